The molecule has 2 aromatic carbocycles. The maximum Gasteiger partial charge on any atom is 0.256 e. The van der Waals surface area contributed by atoms with Crippen LogP contribution in [0.25, 0.3) is 0 Å². The molecule has 6 nitrogen and oxygen atoms in total. The zero-order valence-corrected chi connectivity index (χ0v) is 22.6. The van der Waals surface area contributed by atoms with Crippen LogP contribution in [0, 0.1) is 12.8 Å². The highest BCUT2D eigenvalue weighted by molar-refractivity contribution is 6.30. The van der Waals surface area contributed by atoms with Crippen LogP contribution in [0.1, 0.15) is 59.9 Å². The standard InChI is InChI=1S/C29H37ClN4O2/c1-5-12-33-13-10-22-6-7-24(16-23(22)11-14-33)29(35)31-28-15-21(4)34(32-28)18-25-17-26(30)8-9-27(25)36-19-20(2)3/h6-9,15-17,20H,5,10-14,18-19H2,1-4H3,(H,31,32,35). The van der Waals surface area contributed by atoms with Crippen LogP contribution < -0.4 is 10.1 Å². The number of hydrogen-bond acceptors (Lipinski definition) is 4. The number of fused-ring (bicyclic) bond motifs is 1. The first-order valence-electron chi connectivity index (χ1n) is 12.9. The maximum absolute atomic E-state index is 13.1. The van der Waals surface area contributed by atoms with E-state index in [1.807, 2.05) is 48.0 Å². The van der Waals surface area contributed by atoms with Gasteiger partial charge in [0.25, 0.3) is 5.91 Å². The van der Waals surface area contributed by atoms with Crippen molar-refractivity contribution >= 4 is 23.3 Å². The van der Waals surface area contributed by atoms with E-state index < -0.39 is 0 Å². The lowest BCUT2D eigenvalue weighted by Crippen LogP contribution is -2.27. The third kappa shape index (κ3) is 6.68. The minimum absolute atomic E-state index is 0.138. The molecule has 0 fully saturated rings. The van der Waals surface area contributed by atoms with E-state index in [4.69, 9.17) is 16.3 Å². The molecule has 3 aromatic rings. The van der Waals surface area contributed by atoms with Crippen molar-refractivity contribution in [2.24, 2.45) is 5.92 Å². The van der Waals surface area contributed by atoms with Crippen molar-refractivity contribution in [3.05, 3.63) is 75.4 Å². The van der Waals surface area contributed by atoms with Crippen LogP contribution in [0.4, 0.5) is 5.82 Å². The third-order valence-corrected chi connectivity index (χ3v) is 6.78. The lowest BCUT2D eigenvalue weighted by Gasteiger charge is -2.18. The first-order chi connectivity index (χ1) is 17.3. The molecule has 0 spiro atoms. The van der Waals surface area contributed by atoms with Gasteiger partial charge in [-0.15, -0.1) is 0 Å². The quantitative estimate of drug-likeness (QED) is 0.385. The zero-order chi connectivity index (χ0) is 25.7. The highest BCUT2D eigenvalue weighted by Gasteiger charge is 2.17. The smallest absolute Gasteiger partial charge is 0.256 e. The molecule has 192 valence electrons. The van der Waals surface area contributed by atoms with Crippen LogP contribution in [0.15, 0.2) is 42.5 Å². The average molecular weight is 509 g/mol. The number of benzene rings is 2. The van der Waals surface area contributed by atoms with E-state index >= 15 is 0 Å². The monoisotopic (exact) mass is 508 g/mol. The largest absolute Gasteiger partial charge is 0.493 e. The van der Waals surface area contributed by atoms with E-state index in [9.17, 15) is 4.79 Å². The van der Waals surface area contributed by atoms with Gasteiger partial charge in [-0.05, 0) is 80.1 Å². The lowest BCUT2D eigenvalue weighted by atomic mass is 10.00. The molecule has 1 aliphatic rings. The molecule has 7 heteroatoms. The molecule has 0 atom stereocenters. The van der Waals surface area contributed by atoms with Gasteiger partial charge in [0.15, 0.2) is 5.82 Å². The summed E-state index contributed by atoms with van der Waals surface area (Å²) in [6, 6.07) is 13.6. The number of carbonyl (C=O) groups is 1. The first kappa shape index (κ1) is 26.2. The molecule has 0 saturated carbocycles. The number of aryl methyl sites for hydroxylation is 1. The van der Waals surface area contributed by atoms with E-state index in [-0.39, 0.29) is 5.91 Å². The van der Waals surface area contributed by atoms with Crippen LogP contribution in [-0.2, 0) is 19.4 Å². The molecule has 0 bridgehead atoms. The van der Waals surface area contributed by atoms with Crippen molar-refractivity contribution in [2.45, 2.75) is 53.5 Å². The fourth-order valence-electron chi connectivity index (χ4n) is 4.60. The van der Waals surface area contributed by atoms with Crippen LogP contribution in [0.5, 0.6) is 5.75 Å². The number of aromatic nitrogens is 2. The summed E-state index contributed by atoms with van der Waals surface area (Å²) in [5.41, 5.74) is 5.19. The molecule has 1 N–H and O–H groups in total. The van der Waals surface area contributed by atoms with Gasteiger partial charge in [0.1, 0.15) is 5.75 Å². The molecule has 0 aliphatic carbocycles. The van der Waals surface area contributed by atoms with Crippen LogP contribution >= 0.6 is 11.6 Å². The summed E-state index contributed by atoms with van der Waals surface area (Å²) in [5, 5.41) is 8.29. The predicted molar refractivity (Wildman–Crippen MR) is 146 cm³/mol. The predicted octanol–water partition coefficient (Wildman–Crippen LogP) is 5.99. The van der Waals surface area contributed by atoms with Gasteiger partial charge in [0, 0.05) is 41.0 Å². The Labute approximate surface area is 219 Å². The van der Waals surface area contributed by atoms with Gasteiger partial charge in [-0.1, -0.05) is 38.4 Å². The Bertz CT molecular complexity index is 1200. The fraction of sp³-hybridized carbons (Fsp3) is 0.448. The van der Waals surface area contributed by atoms with Gasteiger partial charge in [0.05, 0.1) is 13.2 Å². The molecule has 0 radical (unpaired) electrons. The number of anilines is 1. The van der Waals surface area contributed by atoms with Gasteiger partial charge >= 0.3 is 0 Å². The van der Waals surface area contributed by atoms with Gasteiger partial charge in [0.2, 0.25) is 0 Å². The molecular weight excluding hydrogens is 472 g/mol. The number of halogens is 1. The van der Waals surface area contributed by atoms with Crippen LogP contribution in [0.3, 0.4) is 0 Å². The Morgan fingerprint density at radius 3 is 2.64 bits per heavy atom. The lowest BCUT2D eigenvalue weighted by molar-refractivity contribution is 0.102. The molecule has 36 heavy (non-hydrogen) atoms. The van der Waals surface area contributed by atoms with Gasteiger partial charge in [-0.3, -0.25) is 9.48 Å². The second-order valence-electron chi connectivity index (χ2n) is 10.1. The topological polar surface area (TPSA) is 59.4 Å². The molecule has 4 rings (SSSR count). The second-order valence-corrected chi connectivity index (χ2v) is 10.5. The van der Waals surface area contributed by atoms with Crippen molar-refractivity contribution in [3.63, 3.8) is 0 Å². The average Bonchev–Trinajstić information content (AvgIpc) is 3.05. The minimum Gasteiger partial charge on any atom is -0.493 e. The van der Waals surface area contributed by atoms with Crippen molar-refractivity contribution < 1.29 is 9.53 Å². The number of carbonyl (C=O) groups excluding carboxylic acids is 1. The van der Waals surface area contributed by atoms with Gasteiger partial charge in [-0.2, -0.15) is 5.10 Å². The summed E-state index contributed by atoms with van der Waals surface area (Å²) in [7, 11) is 0. The Kier molecular flexibility index (Phi) is 8.70. The van der Waals surface area contributed by atoms with Gasteiger partial charge in [-0.25, -0.2) is 0 Å². The van der Waals surface area contributed by atoms with E-state index in [0.717, 1.165) is 49.5 Å². The maximum atomic E-state index is 13.1. The van der Waals surface area contributed by atoms with E-state index in [1.165, 1.54) is 17.5 Å². The summed E-state index contributed by atoms with van der Waals surface area (Å²) in [6.45, 7) is 12.8. The van der Waals surface area contributed by atoms with Crippen molar-refractivity contribution in [1.82, 2.24) is 14.7 Å². The van der Waals surface area contributed by atoms with E-state index in [1.54, 1.807) is 0 Å². The van der Waals surface area contributed by atoms with Crippen molar-refractivity contribution in [2.75, 3.05) is 31.6 Å². The van der Waals surface area contributed by atoms with Crippen LogP contribution in [-0.4, -0.2) is 46.8 Å². The van der Waals surface area contributed by atoms with Crippen molar-refractivity contribution in [3.8, 4) is 5.75 Å². The highest BCUT2D eigenvalue weighted by atomic mass is 35.5. The molecular formula is C29H37ClN4O2. The first-order valence-corrected chi connectivity index (χ1v) is 13.3. The number of nitrogens with one attached hydrogen (secondary N) is 1. The Morgan fingerprint density at radius 2 is 1.89 bits per heavy atom. The summed E-state index contributed by atoms with van der Waals surface area (Å²) >= 11 is 6.27. The number of nitrogens with zero attached hydrogens (tertiary/aromatic N) is 3. The molecule has 2 heterocycles. The summed E-state index contributed by atoms with van der Waals surface area (Å²) in [6.07, 6.45) is 3.18. The third-order valence-electron chi connectivity index (χ3n) is 6.54. The van der Waals surface area contributed by atoms with Crippen molar-refractivity contribution in [1.29, 1.82) is 0 Å². The van der Waals surface area contributed by atoms with Gasteiger partial charge < -0.3 is 15.0 Å². The summed E-state index contributed by atoms with van der Waals surface area (Å²) in [5.74, 6) is 1.62. The number of hydrogen-bond donors (Lipinski definition) is 1. The van der Waals surface area contributed by atoms with Crippen LogP contribution in [0.2, 0.25) is 5.02 Å². The molecule has 1 aromatic heterocycles. The SMILES string of the molecule is CCCN1CCc2ccc(C(=O)Nc3cc(C)n(Cc4cc(Cl)ccc4OCC(C)C)n3)cc2CC1. The highest BCUT2D eigenvalue weighted by Crippen LogP contribution is 2.25. The summed E-state index contributed by atoms with van der Waals surface area (Å²) in [4.78, 5) is 15.6. The van der Waals surface area contributed by atoms with E-state index in [2.05, 4.69) is 42.2 Å². The Hall–Kier alpha value is -2.83. The zero-order valence-electron chi connectivity index (χ0n) is 21.8. The molecule has 1 amide bonds. The van der Waals surface area contributed by atoms with E-state index in [0.29, 0.717) is 35.5 Å². The normalized spacial score (nSPS) is 13.9. The molecule has 0 saturated heterocycles. The Morgan fingerprint density at radius 1 is 1.11 bits per heavy atom. The summed E-state index contributed by atoms with van der Waals surface area (Å²) < 4.78 is 7.86. The minimum atomic E-state index is -0.138. The molecule has 0 unspecified atom stereocenters. The number of ether oxygens (including phenoxy) is 1. The fourth-order valence-corrected chi connectivity index (χ4v) is 4.80. The Balaban J connectivity index is 1.45. The second kappa shape index (κ2) is 11.9. The number of rotatable bonds is 9. The molecule has 1 aliphatic heterocycles. The number of amides is 1.